The molecule has 0 aliphatic carbocycles. The monoisotopic (exact) mass is 443 g/mol. The number of aromatic nitrogens is 2. The van der Waals surface area contributed by atoms with Crippen LogP contribution >= 0.6 is 11.3 Å². The molecule has 8 nitrogen and oxygen atoms in total. The number of nitrogens with one attached hydrogen (secondary N) is 1. The molecule has 9 heteroatoms. The van der Waals surface area contributed by atoms with Crippen molar-refractivity contribution >= 4 is 39.1 Å². The van der Waals surface area contributed by atoms with Crippen molar-refractivity contribution in [1.82, 2.24) is 9.55 Å². The number of hydrogen-bond donors (Lipinski definition) is 1. The Balaban J connectivity index is 1.77. The van der Waals surface area contributed by atoms with E-state index < -0.39 is 5.97 Å². The van der Waals surface area contributed by atoms with Crippen molar-refractivity contribution in [3.8, 4) is 5.75 Å². The lowest BCUT2D eigenvalue weighted by atomic mass is 10.2. The van der Waals surface area contributed by atoms with Crippen molar-refractivity contribution in [3.63, 3.8) is 0 Å². The van der Waals surface area contributed by atoms with Crippen LogP contribution in [0.2, 0.25) is 0 Å². The van der Waals surface area contributed by atoms with Gasteiger partial charge in [-0.25, -0.2) is 9.78 Å². The summed E-state index contributed by atoms with van der Waals surface area (Å²) in [5.41, 5.74) is 0.744. The van der Waals surface area contributed by atoms with Crippen LogP contribution in [0.25, 0.3) is 10.2 Å². The van der Waals surface area contributed by atoms with E-state index in [4.69, 9.17) is 9.47 Å². The molecule has 0 unspecified atom stereocenters. The average molecular weight is 444 g/mol. The number of rotatable bonds is 8. The first-order valence-corrected chi connectivity index (χ1v) is 10.8. The summed E-state index contributed by atoms with van der Waals surface area (Å²) >= 11 is 1.12. The van der Waals surface area contributed by atoms with Crippen molar-refractivity contribution < 1.29 is 19.1 Å². The zero-order valence-corrected chi connectivity index (χ0v) is 18.7. The maximum atomic E-state index is 12.9. The molecule has 0 spiro atoms. The molecule has 1 N–H and O–H groups in total. The third kappa shape index (κ3) is 5.29. The van der Waals surface area contributed by atoms with E-state index in [0.717, 1.165) is 11.3 Å². The predicted molar refractivity (Wildman–Crippen MR) is 120 cm³/mol. The quantitative estimate of drug-likeness (QED) is 0.534. The normalized spacial score (nSPS) is 11.0. The van der Waals surface area contributed by atoms with Gasteiger partial charge in [-0.15, -0.1) is 11.3 Å². The predicted octanol–water partition coefficient (Wildman–Crippen LogP) is 3.62. The van der Waals surface area contributed by atoms with Crippen molar-refractivity contribution in [2.45, 2.75) is 34.2 Å². The van der Waals surface area contributed by atoms with E-state index in [1.54, 1.807) is 31.2 Å². The van der Waals surface area contributed by atoms with Crippen LogP contribution in [0.1, 0.15) is 36.0 Å². The van der Waals surface area contributed by atoms with Gasteiger partial charge in [0, 0.05) is 5.69 Å². The number of carbonyl (C=O) groups excluding carboxylic acids is 2. The van der Waals surface area contributed by atoms with E-state index in [-0.39, 0.29) is 23.9 Å². The molecule has 3 rings (SSSR count). The van der Waals surface area contributed by atoms with Gasteiger partial charge in [0.1, 0.15) is 22.0 Å². The van der Waals surface area contributed by atoms with Crippen LogP contribution in [-0.2, 0) is 16.1 Å². The minimum absolute atomic E-state index is 0.197. The lowest BCUT2D eigenvalue weighted by molar-refractivity contribution is -0.116. The van der Waals surface area contributed by atoms with Crippen molar-refractivity contribution in [2.75, 3.05) is 18.5 Å². The van der Waals surface area contributed by atoms with E-state index in [9.17, 15) is 14.4 Å². The number of fused-ring (bicyclic) bond motifs is 1. The van der Waals surface area contributed by atoms with Crippen molar-refractivity contribution in [2.24, 2.45) is 5.92 Å². The summed E-state index contributed by atoms with van der Waals surface area (Å²) in [6.07, 6.45) is 1.32. The fourth-order valence-corrected chi connectivity index (χ4v) is 3.96. The lowest BCUT2D eigenvalue weighted by Crippen LogP contribution is -2.27. The van der Waals surface area contributed by atoms with Crippen LogP contribution in [0, 0.1) is 12.8 Å². The minimum atomic E-state index is -0.464. The van der Waals surface area contributed by atoms with Crippen LogP contribution < -0.4 is 15.6 Å². The van der Waals surface area contributed by atoms with Gasteiger partial charge >= 0.3 is 5.97 Å². The van der Waals surface area contributed by atoms with Gasteiger partial charge < -0.3 is 14.8 Å². The van der Waals surface area contributed by atoms with Gasteiger partial charge in [-0.05, 0) is 49.6 Å². The smallest absolute Gasteiger partial charge is 0.348 e. The number of hydrogen-bond acceptors (Lipinski definition) is 7. The second-order valence-corrected chi connectivity index (χ2v) is 8.41. The first kappa shape index (κ1) is 22.5. The Morgan fingerprint density at radius 1 is 1.23 bits per heavy atom. The third-order valence-electron chi connectivity index (χ3n) is 4.41. The molecule has 2 aromatic heterocycles. The summed E-state index contributed by atoms with van der Waals surface area (Å²) in [5.74, 6) is 0.0927. The van der Waals surface area contributed by atoms with Gasteiger partial charge in [-0.2, -0.15) is 0 Å². The van der Waals surface area contributed by atoms with Crippen LogP contribution in [0.15, 0.2) is 35.4 Å². The Bertz CT molecular complexity index is 1150. The Labute approximate surface area is 183 Å². The zero-order valence-electron chi connectivity index (χ0n) is 17.9. The zero-order chi connectivity index (χ0) is 22.5. The highest BCUT2D eigenvalue weighted by Crippen LogP contribution is 2.27. The Hall–Kier alpha value is -3.20. The Morgan fingerprint density at radius 3 is 2.58 bits per heavy atom. The van der Waals surface area contributed by atoms with Crippen LogP contribution in [-0.4, -0.2) is 34.6 Å². The number of anilines is 1. The molecule has 0 atom stereocenters. The molecule has 0 bridgehead atoms. The standard InChI is InChI=1S/C22H25N3O5S/c1-5-29-16-8-6-15(7-9-16)24-17(26)10-25-12-23-20-18(21(25)27)14(4)19(31-20)22(28)30-11-13(2)3/h6-9,12-13H,5,10-11H2,1-4H3,(H,24,26). The molecule has 1 aromatic carbocycles. The number of aryl methyl sites for hydroxylation is 1. The first-order valence-electron chi connectivity index (χ1n) is 9.98. The Morgan fingerprint density at radius 2 is 1.94 bits per heavy atom. The fraction of sp³-hybridized carbons (Fsp3) is 0.364. The molecular weight excluding hydrogens is 418 g/mol. The number of benzene rings is 1. The number of carbonyl (C=O) groups is 2. The topological polar surface area (TPSA) is 99.5 Å². The van der Waals surface area contributed by atoms with Crippen molar-refractivity contribution in [3.05, 3.63) is 51.4 Å². The fourth-order valence-electron chi connectivity index (χ4n) is 2.93. The van der Waals surface area contributed by atoms with E-state index in [1.807, 2.05) is 20.8 Å². The summed E-state index contributed by atoms with van der Waals surface area (Å²) in [5, 5.41) is 3.08. The largest absolute Gasteiger partial charge is 0.494 e. The van der Waals surface area contributed by atoms with Gasteiger partial charge in [0.2, 0.25) is 5.91 Å². The molecule has 0 aliphatic rings. The Kier molecular flexibility index (Phi) is 7.06. The maximum absolute atomic E-state index is 12.9. The second kappa shape index (κ2) is 9.74. The van der Waals surface area contributed by atoms with Gasteiger partial charge in [-0.1, -0.05) is 13.8 Å². The van der Waals surface area contributed by atoms with E-state index in [2.05, 4.69) is 10.3 Å². The summed E-state index contributed by atoms with van der Waals surface area (Å²) in [4.78, 5) is 42.8. The molecule has 1 amide bonds. The second-order valence-electron chi connectivity index (χ2n) is 7.41. The number of nitrogens with zero attached hydrogens (tertiary/aromatic N) is 2. The van der Waals surface area contributed by atoms with Crippen molar-refractivity contribution in [1.29, 1.82) is 0 Å². The molecule has 164 valence electrons. The molecule has 3 aromatic rings. The number of amides is 1. The summed E-state index contributed by atoms with van der Waals surface area (Å²) < 4.78 is 11.9. The number of ether oxygens (including phenoxy) is 2. The molecule has 0 fully saturated rings. The summed E-state index contributed by atoms with van der Waals surface area (Å²) in [6, 6.07) is 6.97. The first-order chi connectivity index (χ1) is 14.8. The van der Waals surface area contributed by atoms with E-state index in [0.29, 0.717) is 45.3 Å². The summed E-state index contributed by atoms with van der Waals surface area (Å²) in [7, 11) is 0. The van der Waals surface area contributed by atoms with Gasteiger partial charge in [0.15, 0.2) is 0 Å². The van der Waals surface area contributed by atoms with Crippen LogP contribution in [0.3, 0.4) is 0 Å². The molecule has 31 heavy (non-hydrogen) atoms. The van der Waals surface area contributed by atoms with Gasteiger partial charge in [0.25, 0.3) is 5.56 Å². The highest BCUT2D eigenvalue weighted by molar-refractivity contribution is 7.20. The van der Waals surface area contributed by atoms with Gasteiger partial charge in [-0.3, -0.25) is 14.2 Å². The van der Waals surface area contributed by atoms with Crippen LogP contribution in [0.5, 0.6) is 5.75 Å². The van der Waals surface area contributed by atoms with Gasteiger partial charge in [0.05, 0.1) is 24.9 Å². The van der Waals surface area contributed by atoms with E-state index in [1.165, 1.54) is 10.9 Å². The third-order valence-corrected chi connectivity index (χ3v) is 5.59. The van der Waals surface area contributed by atoms with Crippen LogP contribution in [0.4, 0.5) is 5.69 Å². The maximum Gasteiger partial charge on any atom is 0.348 e. The molecular formula is C22H25N3O5S. The number of esters is 1. The molecule has 0 radical (unpaired) electrons. The highest BCUT2D eigenvalue weighted by Gasteiger charge is 2.21. The minimum Gasteiger partial charge on any atom is -0.494 e. The van der Waals surface area contributed by atoms with E-state index >= 15 is 0 Å². The SMILES string of the molecule is CCOc1ccc(NC(=O)Cn2cnc3sc(C(=O)OCC(C)C)c(C)c3c2=O)cc1. The molecule has 2 heterocycles. The molecule has 0 saturated carbocycles. The highest BCUT2D eigenvalue weighted by atomic mass is 32.1. The molecule has 0 saturated heterocycles. The molecule has 0 aliphatic heterocycles. The summed E-state index contributed by atoms with van der Waals surface area (Å²) in [6.45, 7) is 8.15. The number of thiophene rings is 1. The average Bonchev–Trinajstić information content (AvgIpc) is 3.07. The lowest BCUT2D eigenvalue weighted by Gasteiger charge is -2.08.